The molecule has 0 N–H and O–H groups in total. The zero-order valence-electron chi connectivity index (χ0n) is 12.6. The van der Waals surface area contributed by atoms with Crippen LogP contribution in [0.3, 0.4) is 0 Å². The minimum atomic E-state index is 0.692. The van der Waals surface area contributed by atoms with Gasteiger partial charge in [-0.05, 0) is 52.1 Å². The van der Waals surface area contributed by atoms with E-state index >= 15 is 0 Å². The van der Waals surface area contributed by atoms with Gasteiger partial charge in [-0.2, -0.15) is 0 Å². The first kappa shape index (κ1) is 13.2. The fourth-order valence-electron chi connectivity index (χ4n) is 3.54. The van der Waals surface area contributed by atoms with E-state index in [9.17, 15) is 0 Å². The van der Waals surface area contributed by atoms with Crippen LogP contribution in [0.25, 0.3) is 0 Å². The lowest BCUT2D eigenvalue weighted by Gasteiger charge is -2.33. The fraction of sp³-hybridized carbons (Fsp3) is 0.812. The lowest BCUT2D eigenvalue weighted by Crippen LogP contribution is -2.37. The van der Waals surface area contributed by atoms with Gasteiger partial charge in [0.05, 0.1) is 5.69 Å². The highest BCUT2D eigenvalue weighted by molar-refractivity contribution is 5.12. The summed E-state index contributed by atoms with van der Waals surface area (Å²) in [7, 11) is 0. The average molecular weight is 261 g/mol. The molecule has 3 rings (SSSR count). The molecule has 0 bridgehead atoms. The molecule has 0 amide bonds. The van der Waals surface area contributed by atoms with Crippen LogP contribution in [0.2, 0.25) is 0 Å². The highest BCUT2D eigenvalue weighted by Crippen LogP contribution is 2.30. The summed E-state index contributed by atoms with van der Waals surface area (Å²) in [6.07, 6.45) is 7.39. The Bertz CT molecular complexity index is 427. The maximum Gasteiger partial charge on any atom is 0.108 e. The molecule has 0 aromatic carbocycles. The van der Waals surface area contributed by atoms with E-state index in [0.29, 0.717) is 12.0 Å². The van der Waals surface area contributed by atoms with Crippen molar-refractivity contribution < 1.29 is 0 Å². The second-order valence-electron chi connectivity index (χ2n) is 6.78. The number of piperidine rings is 1. The van der Waals surface area contributed by atoms with Crippen molar-refractivity contribution in [3.05, 3.63) is 17.7 Å². The molecule has 3 nitrogen and oxygen atoms in total. The summed E-state index contributed by atoms with van der Waals surface area (Å²) in [6, 6.07) is 0.692. The van der Waals surface area contributed by atoms with E-state index in [4.69, 9.17) is 4.98 Å². The first-order valence-corrected chi connectivity index (χ1v) is 7.93. The van der Waals surface area contributed by atoms with Crippen LogP contribution in [0.5, 0.6) is 0 Å². The van der Waals surface area contributed by atoms with Crippen LogP contribution in [-0.4, -0.2) is 33.6 Å². The number of hydrogen-bond donors (Lipinski definition) is 0. The van der Waals surface area contributed by atoms with Crippen molar-refractivity contribution in [1.29, 1.82) is 0 Å². The normalized spacial score (nSPS) is 25.8. The summed E-state index contributed by atoms with van der Waals surface area (Å²) in [5, 5.41) is 0. The lowest BCUT2D eigenvalue weighted by molar-refractivity contribution is 0.171. The molecule has 1 unspecified atom stereocenters. The summed E-state index contributed by atoms with van der Waals surface area (Å²) in [6.45, 7) is 10.6. The molecule has 1 aromatic heterocycles. The quantitative estimate of drug-likeness (QED) is 0.816. The van der Waals surface area contributed by atoms with Crippen LogP contribution >= 0.6 is 0 Å². The maximum atomic E-state index is 4.92. The van der Waals surface area contributed by atoms with Crippen molar-refractivity contribution in [3.8, 4) is 0 Å². The third-order valence-electron chi connectivity index (χ3n) is 4.93. The molecule has 3 heteroatoms. The zero-order valence-corrected chi connectivity index (χ0v) is 12.6. The Morgan fingerprint density at radius 2 is 1.95 bits per heavy atom. The van der Waals surface area contributed by atoms with Gasteiger partial charge in [-0.25, -0.2) is 4.98 Å². The second kappa shape index (κ2) is 5.28. The van der Waals surface area contributed by atoms with Crippen LogP contribution in [-0.2, 0) is 13.0 Å². The van der Waals surface area contributed by atoms with Crippen LogP contribution in [0.4, 0.5) is 0 Å². The number of aromatic nitrogens is 2. The van der Waals surface area contributed by atoms with Crippen LogP contribution < -0.4 is 0 Å². The van der Waals surface area contributed by atoms with Gasteiger partial charge in [0.25, 0.3) is 0 Å². The molecular weight excluding hydrogens is 234 g/mol. The first-order chi connectivity index (χ1) is 9.13. The molecule has 2 aliphatic heterocycles. The van der Waals surface area contributed by atoms with E-state index in [1.165, 1.54) is 56.8 Å². The molecule has 3 heterocycles. The van der Waals surface area contributed by atoms with Crippen molar-refractivity contribution in [2.24, 2.45) is 5.92 Å². The molecule has 1 aromatic rings. The lowest BCUT2D eigenvalue weighted by atomic mass is 9.93. The minimum Gasteiger partial charge on any atom is -0.334 e. The number of rotatable bonds is 2. The SMILES string of the molecule is CC1CCc2nc(C3CCN(C(C)C)CC3)cn2C1. The summed E-state index contributed by atoms with van der Waals surface area (Å²) < 4.78 is 2.42. The molecule has 0 aliphatic carbocycles. The van der Waals surface area contributed by atoms with Gasteiger partial charge in [-0.15, -0.1) is 0 Å². The van der Waals surface area contributed by atoms with Crippen LogP contribution in [0.1, 0.15) is 57.5 Å². The number of fused-ring (bicyclic) bond motifs is 1. The highest BCUT2D eigenvalue weighted by Gasteiger charge is 2.25. The summed E-state index contributed by atoms with van der Waals surface area (Å²) >= 11 is 0. The number of nitrogens with zero attached hydrogens (tertiary/aromatic N) is 3. The Morgan fingerprint density at radius 1 is 1.21 bits per heavy atom. The van der Waals surface area contributed by atoms with E-state index in [0.717, 1.165) is 5.92 Å². The molecule has 0 radical (unpaired) electrons. The number of aryl methyl sites for hydroxylation is 1. The van der Waals surface area contributed by atoms with Crippen molar-refractivity contribution in [2.75, 3.05) is 13.1 Å². The van der Waals surface area contributed by atoms with Crippen molar-refractivity contribution >= 4 is 0 Å². The Kier molecular flexibility index (Phi) is 3.66. The predicted molar refractivity (Wildman–Crippen MR) is 78.4 cm³/mol. The van der Waals surface area contributed by atoms with Gasteiger partial charge in [0.2, 0.25) is 0 Å². The van der Waals surface area contributed by atoms with E-state index in [1.54, 1.807) is 0 Å². The topological polar surface area (TPSA) is 21.1 Å². The maximum absolute atomic E-state index is 4.92. The molecule has 0 spiro atoms. The van der Waals surface area contributed by atoms with Gasteiger partial charge >= 0.3 is 0 Å². The summed E-state index contributed by atoms with van der Waals surface area (Å²) in [5.41, 5.74) is 1.37. The Balaban J connectivity index is 1.67. The first-order valence-electron chi connectivity index (χ1n) is 7.93. The van der Waals surface area contributed by atoms with Gasteiger partial charge in [0.15, 0.2) is 0 Å². The van der Waals surface area contributed by atoms with E-state index in [-0.39, 0.29) is 0 Å². The third kappa shape index (κ3) is 2.71. The molecule has 19 heavy (non-hydrogen) atoms. The van der Waals surface area contributed by atoms with E-state index in [2.05, 4.69) is 36.4 Å². The van der Waals surface area contributed by atoms with Crippen molar-refractivity contribution in [3.63, 3.8) is 0 Å². The minimum absolute atomic E-state index is 0.692. The van der Waals surface area contributed by atoms with Gasteiger partial charge < -0.3 is 9.47 Å². The third-order valence-corrected chi connectivity index (χ3v) is 4.93. The van der Waals surface area contributed by atoms with Crippen molar-refractivity contribution in [1.82, 2.24) is 14.5 Å². The molecule has 2 aliphatic rings. The van der Waals surface area contributed by atoms with Gasteiger partial charge in [0, 0.05) is 31.1 Å². The number of likely N-dealkylation sites (tertiary alicyclic amines) is 1. The summed E-state index contributed by atoms with van der Waals surface area (Å²) in [5.74, 6) is 2.85. The Morgan fingerprint density at radius 3 is 2.63 bits per heavy atom. The molecule has 106 valence electrons. The molecule has 0 saturated carbocycles. The predicted octanol–water partition coefficient (Wildman–Crippen LogP) is 3.05. The Hall–Kier alpha value is -0.830. The molecule has 1 saturated heterocycles. The van der Waals surface area contributed by atoms with Gasteiger partial charge in [-0.1, -0.05) is 6.92 Å². The molecular formula is C16H27N3. The molecule has 1 fully saturated rings. The Labute approximate surface area is 117 Å². The highest BCUT2D eigenvalue weighted by atomic mass is 15.2. The number of hydrogen-bond acceptors (Lipinski definition) is 2. The van der Waals surface area contributed by atoms with Crippen LogP contribution in [0, 0.1) is 5.92 Å². The second-order valence-corrected chi connectivity index (χ2v) is 6.78. The standard InChI is InChI=1S/C16H27N3/c1-12(2)18-8-6-14(7-9-18)15-11-19-10-13(3)4-5-16(19)17-15/h11-14H,4-10H2,1-3H3. The zero-order chi connectivity index (χ0) is 13.4. The smallest absolute Gasteiger partial charge is 0.108 e. The van der Waals surface area contributed by atoms with Gasteiger partial charge in [-0.3, -0.25) is 0 Å². The van der Waals surface area contributed by atoms with Crippen LogP contribution in [0.15, 0.2) is 6.20 Å². The van der Waals surface area contributed by atoms with E-state index < -0.39 is 0 Å². The monoisotopic (exact) mass is 261 g/mol. The average Bonchev–Trinajstić information content (AvgIpc) is 2.81. The van der Waals surface area contributed by atoms with Gasteiger partial charge in [0.1, 0.15) is 5.82 Å². The summed E-state index contributed by atoms with van der Waals surface area (Å²) in [4.78, 5) is 7.52. The van der Waals surface area contributed by atoms with Crippen molar-refractivity contribution in [2.45, 2.75) is 65.0 Å². The molecule has 1 atom stereocenters. The fourth-order valence-corrected chi connectivity index (χ4v) is 3.54. The van der Waals surface area contributed by atoms with E-state index in [1.807, 2.05) is 0 Å². The largest absolute Gasteiger partial charge is 0.334 e. The number of imidazole rings is 1.